The quantitative estimate of drug-likeness (QED) is 0.215. The van der Waals surface area contributed by atoms with Crippen LogP contribution in [0, 0.1) is 5.41 Å². The molecule has 4 N–H and O–H groups in total. The number of rotatable bonds is 13. The summed E-state index contributed by atoms with van der Waals surface area (Å²) in [5.74, 6) is -2.54. The Kier molecular flexibility index (Phi) is 12.2. The van der Waals surface area contributed by atoms with Gasteiger partial charge in [0, 0.05) is 24.7 Å². The molecule has 272 valence electrons. The SMILES string of the molecule is CCN(C(C)(C)C)S(=O)(=O)CC1(NC(=O)N[C@H](C(=O)N2CCC[C@H]2C(=O)NCC(=O)C(=O)NC2CC2)C2(C)CCCCC2)CCCCC1. The Morgan fingerprint density at radius 1 is 0.896 bits per heavy atom. The number of carbonyl (C=O) groups is 5. The van der Waals surface area contributed by atoms with Crippen LogP contribution in [-0.2, 0) is 29.2 Å². The molecule has 0 aromatic heterocycles. The number of carbonyl (C=O) groups excluding carboxylic acids is 5. The number of hydrogen-bond donors (Lipinski definition) is 4. The third kappa shape index (κ3) is 9.48. The van der Waals surface area contributed by atoms with E-state index in [2.05, 4.69) is 21.3 Å². The molecule has 0 aromatic rings. The van der Waals surface area contributed by atoms with Gasteiger partial charge >= 0.3 is 6.03 Å². The van der Waals surface area contributed by atoms with Gasteiger partial charge in [0.15, 0.2) is 0 Å². The van der Waals surface area contributed by atoms with Crippen molar-refractivity contribution in [2.45, 2.75) is 154 Å². The summed E-state index contributed by atoms with van der Waals surface area (Å²) in [7, 11) is -3.74. The topological polar surface area (TPSA) is 174 Å². The molecule has 0 bridgehead atoms. The van der Waals surface area contributed by atoms with Gasteiger partial charge in [-0.25, -0.2) is 13.2 Å². The molecule has 0 radical (unpaired) electrons. The van der Waals surface area contributed by atoms with Gasteiger partial charge in [-0.3, -0.25) is 19.2 Å². The maximum absolute atomic E-state index is 14.4. The van der Waals surface area contributed by atoms with Crippen LogP contribution in [0.3, 0.4) is 0 Å². The monoisotopic (exact) mass is 694 g/mol. The molecule has 0 spiro atoms. The van der Waals surface area contributed by atoms with Crippen molar-refractivity contribution in [3.63, 3.8) is 0 Å². The van der Waals surface area contributed by atoms with Gasteiger partial charge in [0.2, 0.25) is 27.6 Å². The first kappa shape index (κ1) is 38.1. The van der Waals surface area contributed by atoms with E-state index in [1.165, 1.54) is 9.21 Å². The Hall–Kier alpha value is -2.74. The summed E-state index contributed by atoms with van der Waals surface area (Å²) in [6.07, 6.45) is 10.5. The standard InChI is InChI=1S/C34H58N6O7S/c1-6-40(32(2,3)4)48(46,47)23-34(19-11-8-12-20-34)38-31(45)37-27(33(5)17-9-7-10-18-33)30(44)39-21-13-14-25(39)28(42)35-22-26(41)29(43)36-24-15-16-24/h24-25,27H,6-23H2,1-5H3,(H,35,42)(H,36,43)(H2,37,38,45)/t25-,27+/m0/s1. The zero-order valence-corrected chi connectivity index (χ0v) is 30.4. The largest absolute Gasteiger partial charge is 0.347 e. The van der Waals surface area contributed by atoms with Crippen molar-refractivity contribution in [2.24, 2.45) is 5.41 Å². The number of nitrogens with zero attached hydrogens (tertiary/aromatic N) is 2. The molecule has 1 heterocycles. The number of sulfonamides is 1. The molecular weight excluding hydrogens is 636 g/mol. The lowest BCUT2D eigenvalue weighted by atomic mass is 9.70. The van der Waals surface area contributed by atoms with Crippen molar-refractivity contribution in [3.05, 3.63) is 0 Å². The number of urea groups is 1. The van der Waals surface area contributed by atoms with Gasteiger partial charge in [-0.2, -0.15) is 4.31 Å². The van der Waals surface area contributed by atoms with E-state index in [1.54, 1.807) is 0 Å². The van der Waals surface area contributed by atoms with Gasteiger partial charge in [0.1, 0.15) is 12.1 Å². The molecule has 4 rings (SSSR count). The highest BCUT2D eigenvalue weighted by Gasteiger charge is 2.48. The van der Waals surface area contributed by atoms with Crippen molar-refractivity contribution in [2.75, 3.05) is 25.4 Å². The number of ketones is 1. The van der Waals surface area contributed by atoms with E-state index >= 15 is 0 Å². The van der Waals surface area contributed by atoms with Crippen molar-refractivity contribution < 1.29 is 32.4 Å². The van der Waals surface area contributed by atoms with E-state index in [-0.39, 0.29) is 17.7 Å². The highest BCUT2D eigenvalue weighted by atomic mass is 32.2. The fourth-order valence-corrected chi connectivity index (χ4v) is 10.4. The van der Waals surface area contributed by atoms with E-state index in [4.69, 9.17) is 0 Å². The third-order valence-corrected chi connectivity index (χ3v) is 13.1. The van der Waals surface area contributed by atoms with Gasteiger partial charge < -0.3 is 26.2 Å². The van der Waals surface area contributed by atoms with Crippen LogP contribution in [-0.4, -0.2) is 102 Å². The highest BCUT2D eigenvalue weighted by molar-refractivity contribution is 7.89. The summed E-state index contributed by atoms with van der Waals surface area (Å²) in [6, 6.07) is -2.32. The molecule has 13 nitrogen and oxygen atoms in total. The summed E-state index contributed by atoms with van der Waals surface area (Å²) in [4.78, 5) is 67.5. The fourth-order valence-electron chi connectivity index (χ4n) is 7.97. The second-order valence-electron chi connectivity index (χ2n) is 15.8. The summed E-state index contributed by atoms with van der Waals surface area (Å²) in [6.45, 7) is 9.58. The lowest BCUT2D eigenvalue weighted by molar-refractivity contribution is -0.143. The predicted molar refractivity (Wildman–Crippen MR) is 182 cm³/mol. The summed E-state index contributed by atoms with van der Waals surface area (Å²) in [5.41, 5.74) is -2.16. The average molecular weight is 695 g/mol. The molecule has 1 saturated heterocycles. The van der Waals surface area contributed by atoms with Gasteiger partial charge in [-0.05, 0) is 77.6 Å². The van der Waals surface area contributed by atoms with Crippen molar-refractivity contribution in [1.29, 1.82) is 0 Å². The Bertz CT molecular complexity index is 1310. The molecule has 48 heavy (non-hydrogen) atoms. The van der Waals surface area contributed by atoms with E-state index in [0.717, 1.165) is 64.2 Å². The Morgan fingerprint density at radius 2 is 1.50 bits per heavy atom. The first-order chi connectivity index (χ1) is 22.5. The Labute approximate surface area is 286 Å². The van der Waals surface area contributed by atoms with Crippen LogP contribution >= 0.6 is 0 Å². The van der Waals surface area contributed by atoms with Crippen LogP contribution in [0.1, 0.15) is 125 Å². The van der Waals surface area contributed by atoms with Crippen molar-refractivity contribution in [3.8, 4) is 0 Å². The second kappa shape index (κ2) is 15.4. The number of hydrogen-bond acceptors (Lipinski definition) is 7. The summed E-state index contributed by atoms with van der Waals surface area (Å²) >= 11 is 0. The third-order valence-electron chi connectivity index (χ3n) is 10.7. The molecule has 5 amide bonds. The van der Waals surface area contributed by atoms with Gasteiger partial charge in [0.05, 0.1) is 17.8 Å². The van der Waals surface area contributed by atoms with Crippen LogP contribution in [0.2, 0.25) is 0 Å². The predicted octanol–water partition coefficient (Wildman–Crippen LogP) is 2.73. The second-order valence-corrected chi connectivity index (χ2v) is 17.7. The van der Waals surface area contributed by atoms with Crippen LogP contribution in [0.15, 0.2) is 0 Å². The number of nitrogens with one attached hydrogen (secondary N) is 4. The molecule has 4 fully saturated rings. The minimum atomic E-state index is -3.74. The maximum Gasteiger partial charge on any atom is 0.315 e. The first-order valence-electron chi connectivity index (χ1n) is 18.0. The van der Waals surface area contributed by atoms with E-state index in [1.807, 2.05) is 34.6 Å². The summed E-state index contributed by atoms with van der Waals surface area (Å²) in [5, 5.41) is 11.2. The molecule has 2 atom stereocenters. The fraction of sp³-hybridized carbons (Fsp3) is 0.853. The number of amides is 5. The molecule has 4 aliphatic rings. The van der Waals surface area contributed by atoms with Crippen LogP contribution in [0.25, 0.3) is 0 Å². The smallest absolute Gasteiger partial charge is 0.315 e. The van der Waals surface area contributed by atoms with Crippen LogP contribution in [0.4, 0.5) is 4.79 Å². The highest BCUT2D eigenvalue weighted by Crippen LogP contribution is 2.40. The zero-order chi connectivity index (χ0) is 35.3. The van der Waals surface area contributed by atoms with Gasteiger partial charge in [-0.15, -0.1) is 0 Å². The van der Waals surface area contributed by atoms with E-state index in [9.17, 15) is 32.4 Å². The first-order valence-corrected chi connectivity index (χ1v) is 19.6. The molecule has 3 aliphatic carbocycles. The lowest BCUT2D eigenvalue weighted by Gasteiger charge is -2.44. The van der Waals surface area contributed by atoms with Crippen LogP contribution in [0.5, 0.6) is 0 Å². The molecule has 0 aromatic carbocycles. The van der Waals surface area contributed by atoms with E-state index < -0.39 is 68.8 Å². The molecule has 14 heteroatoms. The van der Waals surface area contributed by atoms with Crippen LogP contribution < -0.4 is 21.3 Å². The van der Waals surface area contributed by atoms with Gasteiger partial charge in [-0.1, -0.05) is 52.4 Å². The molecule has 0 unspecified atom stereocenters. The maximum atomic E-state index is 14.4. The average Bonchev–Trinajstić information content (AvgIpc) is 3.68. The number of likely N-dealkylation sites (tertiary alicyclic amines) is 1. The zero-order valence-electron chi connectivity index (χ0n) is 29.6. The number of Topliss-reactive ketones (excluding diaryl/α,β-unsaturated/α-hetero) is 1. The molecule has 1 aliphatic heterocycles. The normalized spacial score (nSPS) is 23.2. The van der Waals surface area contributed by atoms with Gasteiger partial charge in [0.25, 0.3) is 5.91 Å². The lowest BCUT2D eigenvalue weighted by Crippen LogP contribution is -2.64. The van der Waals surface area contributed by atoms with Crippen molar-refractivity contribution >= 4 is 39.6 Å². The molecular formula is C34H58N6O7S. The molecule has 3 saturated carbocycles. The minimum absolute atomic E-state index is 0.0230. The van der Waals surface area contributed by atoms with E-state index in [0.29, 0.717) is 38.8 Å². The summed E-state index contributed by atoms with van der Waals surface area (Å²) < 4.78 is 29.0. The minimum Gasteiger partial charge on any atom is -0.347 e. The Balaban J connectivity index is 1.50. The van der Waals surface area contributed by atoms with Crippen molar-refractivity contribution in [1.82, 2.24) is 30.5 Å². The Morgan fingerprint density at radius 3 is 2.06 bits per heavy atom.